The molecule has 0 N–H and O–H groups in total. The minimum Gasteiger partial charge on any atom is -0.378 e. The van der Waals surface area contributed by atoms with Gasteiger partial charge in [-0.25, -0.2) is 0 Å². The Balaban J connectivity index is 2.05. The Labute approximate surface area is 163 Å². The average molecular weight is 420 g/mol. The highest BCUT2D eigenvalue weighted by atomic mass is 32.2. The fourth-order valence-electron chi connectivity index (χ4n) is 2.52. The van der Waals surface area contributed by atoms with Crippen LogP contribution in [0, 0.1) is 27.2 Å². The Morgan fingerprint density at radius 1 is 0.964 bits per heavy atom. The summed E-state index contributed by atoms with van der Waals surface area (Å²) in [6, 6.07) is 10.3. The third kappa shape index (κ3) is 3.85. The zero-order valence-electron chi connectivity index (χ0n) is 14.3. The summed E-state index contributed by atoms with van der Waals surface area (Å²) in [5, 5.41) is 23.6. The Bertz CT molecular complexity index is 1170. The fraction of sp³-hybridized carbons (Fsp3) is 0.0588. The van der Waals surface area contributed by atoms with E-state index in [2.05, 4.69) is 0 Å². The van der Waals surface area contributed by atoms with E-state index in [4.69, 9.17) is 4.18 Å². The van der Waals surface area contributed by atoms with Gasteiger partial charge < -0.3 is 4.18 Å². The van der Waals surface area contributed by atoms with Crippen molar-refractivity contribution < 1.29 is 22.4 Å². The number of nitro groups is 2. The van der Waals surface area contributed by atoms with Gasteiger partial charge in [-0.05, 0) is 36.1 Å². The van der Waals surface area contributed by atoms with Gasteiger partial charge in [0, 0.05) is 34.7 Å². The van der Waals surface area contributed by atoms with E-state index >= 15 is 0 Å². The van der Waals surface area contributed by atoms with Crippen LogP contribution in [0.15, 0.2) is 58.8 Å². The molecule has 0 aliphatic rings. The molecule has 1 aromatic heterocycles. The molecule has 11 heteroatoms. The highest BCUT2D eigenvalue weighted by Crippen LogP contribution is 2.37. The third-order valence-corrected chi connectivity index (χ3v) is 6.10. The second-order valence-corrected chi connectivity index (χ2v) is 8.12. The number of benzene rings is 2. The monoisotopic (exact) mass is 420 g/mol. The maximum atomic E-state index is 12.7. The van der Waals surface area contributed by atoms with Crippen LogP contribution >= 0.6 is 11.3 Å². The molecule has 0 atom stereocenters. The van der Waals surface area contributed by atoms with E-state index in [1.54, 1.807) is 17.5 Å². The SMILES string of the molecule is Cc1cc([N+](=O)[O-])ccc1S(=O)(=O)Oc1ccc([N+](=O)[O-])cc1-c1cccs1. The van der Waals surface area contributed by atoms with Crippen LogP contribution in [0.5, 0.6) is 5.75 Å². The van der Waals surface area contributed by atoms with Gasteiger partial charge in [-0.15, -0.1) is 11.3 Å². The number of non-ortho nitro benzene ring substituents is 2. The smallest absolute Gasteiger partial charge is 0.339 e. The van der Waals surface area contributed by atoms with Gasteiger partial charge in [-0.1, -0.05) is 6.07 Å². The topological polar surface area (TPSA) is 130 Å². The van der Waals surface area contributed by atoms with Gasteiger partial charge in [0.2, 0.25) is 0 Å². The molecule has 9 nitrogen and oxygen atoms in total. The summed E-state index contributed by atoms with van der Waals surface area (Å²) < 4.78 is 30.7. The number of aryl methyl sites for hydroxylation is 1. The molecule has 3 aromatic rings. The van der Waals surface area contributed by atoms with E-state index in [0.717, 1.165) is 24.3 Å². The first-order valence-corrected chi connectivity index (χ1v) is 9.99. The van der Waals surface area contributed by atoms with Gasteiger partial charge in [0.1, 0.15) is 4.90 Å². The van der Waals surface area contributed by atoms with Crippen LogP contribution in [0.4, 0.5) is 11.4 Å². The first kappa shape index (κ1) is 19.5. The van der Waals surface area contributed by atoms with E-state index in [0.29, 0.717) is 4.88 Å². The van der Waals surface area contributed by atoms with Crippen LogP contribution in [0.1, 0.15) is 5.56 Å². The molecular weight excluding hydrogens is 408 g/mol. The first-order chi connectivity index (χ1) is 13.2. The lowest BCUT2D eigenvalue weighted by Crippen LogP contribution is -2.12. The van der Waals surface area contributed by atoms with Crippen LogP contribution < -0.4 is 4.18 Å². The molecule has 1 heterocycles. The summed E-state index contributed by atoms with van der Waals surface area (Å²) in [6.45, 7) is 1.42. The van der Waals surface area contributed by atoms with Crippen molar-refractivity contribution in [2.75, 3.05) is 0 Å². The normalized spacial score (nSPS) is 11.2. The molecule has 0 bridgehead atoms. The van der Waals surface area contributed by atoms with Crippen molar-refractivity contribution in [1.82, 2.24) is 0 Å². The lowest BCUT2D eigenvalue weighted by molar-refractivity contribution is -0.385. The molecule has 0 aliphatic heterocycles. The molecule has 0 spiro atoms. The van der Waals surface area contributed by atoms with Crippen LogP contribution in [-0.2, 0) is 10.1 Å². The zero-order chi connectivity index (χ0) is 20.5. The number of nitrogens with zero attached hydrogens (tertiary/aromatic N) is 2. The maximum Gasteiger partial charge on any atom is 0.339 e. The highest BCUT2D eigenvalue weighted by Gasteiger charge is 2.24. The molecule has 0 unspecified atom stereocenters. The maximum absolute atomic E-state index is 12.7. The second kappa shape index (κ2) is 7.37. The number of hydrogen-bond donors (Lipinski definition) is 0. The molecule has 0 amide bonds. The van der Waals surface area contributed by atoms with Crippen molar-refractivity contribution in [3.05, 3.63) is 79.7 Å². The Morgan fingerprint density at radius 2 is 1.61 bits per heavy atom. The van der Waals surface area contributed by atoms with Gasteiger partial charge in [-0.3, -0.25) is 20.2 Å². The number of thiophene rings is 1. The number of hydrogen-bond acceptors (Lipinski definition) is 8. The third-order valence-electron chi connectivity index (χ3n) is 3.80. The number of rotatable bonds is 6. The van der Waals surface area contributed by atoms with Gasteiger partial charge in [0.05, 0.1) is 9.85 Å². The summed E-state index contributed by atoms with van der Waals surface area (Å²) in [7, 11) is -4.32. The van der Waals surface area contributed by atoms with Gasteiger partial charge in [0.25, 0.3) is 11.4 Å². The molecule has 3 rings (SSSR count). The molecule has 0 saturated heterocycles. The van der Waals surface area contributed by atoms with Crippen molar-refractivity contribution in [2.45, 2.75) is 11.8 Å². The molecule has 144 valence electrons. The molecule has 0 radical (unpaired) electrons. The Morgan fingerprint density at radius 3 is 2.18 bits per heavy atom. The predicted octanol–water partition coefficient (Wildman–Crippen LogP) is 4.31. The Hall–Kier alpha value is -3.31. The molecule has 0 saturated carbocycles. The van der Waals surface area contributed by atoms with Gasteiger partial charge in [0.15, 0.2) is 5.75 Å². The van der Waals surface area contributed by atoms with Crippen molar-refractivity contribution in [3.8, 4) is 16.2 Å². The largest absolute Gasteiger partial charge is 0.378 e. The van der Waals surface area contributed by atoms with Crippen LogP contribution in [0.25, 0.3) is 10.4 Å². The summed E-state index contributed by atoms with van der Waals surface area (Å²) in [5.74, 6) is -0.0780. The van der Waals surface area contributed by atoms with Crippen LogP contribution in [-0.4, -0.2) is 18.3 Å². The van der Waals surface area contributed by atoms with E-state index in [1.807, 2.05) is 0 Å². The molecule has 2 aromatic carbocycles. The van der Waals surface area contributed by atoms with E-state index < -0.39 is 20.0 Å². The van der Waals surface area contributed by atoms with Gasteiger partial charge in [-0.2, -0.15) is 8.42 Å². The minimum atomic E-state index is -4.32. The highest BCUT2D eigenvalue weighted by molar-refractivity contribution is 7.87. The van der Waals surface area contributed by atoms with Crippen molar-refractivity contribution in [1.29, 1.82) is 0 Å². The predicted molar refractivity (Wildman–Crippen MR) is 102 cm³/mol. The molecular formula is C17H12N2O7S2. The lowest BCUT2D eigenvalue weighted by atomic mass is 10.1. The second-order valence-electron chi connectivity index (χ2n) is 5.66. The Kier molecular flexibility index (Phi) is 5.12. The minimum absolute atomic E-state index is 0.0780. The fourth-order valence-corrected chi connectivity index (χ4v) is 4.43. The quantitative estimate of drug-likeness (QED) is 0.330. The number of nitro benzene ring substituents is 2. The molecule has 0 fully saturated rings. The lowest BCUT2D eigenvalue weighted by Gasteiger charge is -2.12. The van der Waals surface area contributed by atoms with Crippen molar-refractivity contribution >= 4 is 32.8 Å². The van der Waals surface area contributed by atoms with Gasteiger partial charge >= 0.3 is 10.1 Å². The average Bonchev–Trinajstić information content (AvgIpc) is 3.15. The summed E-state index contributed by atoms with van der Waals surface area (Å²) >= 11 is 1.27. The van der Waals surface area contributed by atoms with E-state index in [-0.39, 0.29) is 33.1 Å². The van der Waals surface area contributed by atoms with Crippen molar-refractivity contribution in [3.63, 3.8) is 0 Å². The zero-order valence-corrected chi connectivity index (χ0v) is 15.9. The van der Waals surface area contributed by atoms with Crippen molar-refractivity contribution in [2.24, 2.45) is 0 Å². The van der Waals surface area contributed by atoms with E-state index in [9.17, 15) is 28.6 Å². The van der Waals surface area contributed by atoms with Crippen LogP contribution in [0.2, 0.25) is 0 Å². The molecule has 28 heavy (non-hydrogen) atoms. The first-order valence-electron chi connectivity index (χ1n) is 7.71. The summed E-state index contributed by atoms with van der Waals surface area (Å²) in [6.07, 6.45) is 0. The van der Waals surface area contributed by atoms with E-state index in [1.165, 1.54) is 30.4 Å². The summed E-state index contributed by atoms with van der Waals surface area (Å²) in [5.41, 5.74) is -0.0492. The summed E-state index contributed by atoms with van der Waals surface area (Å²) in [4.78, 5) is 21.1. The van der Waals surface area contributed by atoms with Crippen LogP contribution in [0.3, 0.4) is 0 Å². The molecule has 0 aliphatic carbocycles. The standard InChI is InChI=1S/C17H12N2O7S2/c1-11-9-12(18(20)21)5-7-17(11)28(24,25)26-15-6-4-13(19(22)23)10-14(15)16-3-2-8-27-16/h2-10H,1H3.